The summed E-state index contributed by atoms with van der Waals surface area (Å²) in [5, 5.41) is 4.32. The van der Waals surface area contributed by atoms with Crippen LogP contribution in [0, 0.1) is 13.8 Å². The van der Waals surface area contributed by atoms with Crippen LogP contribution in [-0.2, 0) is 32.3 Å². The van der Waals surface area contributed by atoms with Gasteiger partial charge in [-0.15, -0.1) is 0 Å². The zero-order valence-electron chi connectivity index (χ0n) is 11.8. The predicted molar refractivity (Wildman–Crippen MR) is 71.7 cm³/mol. The first-order valence-electron chi connectivity index (χ1n) is 6.02. The van der Waals surface area contributed by atoms with Crippen LogP contribution in [-0.4, -0.2) is 43.3 Å². The standard InChI is InChI=1S/C12H20N2O4S/c1-9-11(5-6-12(15)18-3)10(2)14(13-9)7-8-19(4,16)17/h5-8H2,1-4H3. The topological polar surface area (TPSA) is 78.3 Å². The molecular weight excluding hydrogens is 268 g/mol. The van der Waals surface area contributed by atoms with Gasteiger partial charge < -0.3 is 4.74 Å². The van der Waals surface area contributed by atoms with Gasteiger partial charge in [-0.25, -0.2) is 8.42 Å². The molecule has 0 N–H and O–H groups in total. The van der Waals surface area contributed by atoms with E-state index in [1.807, 2.05) is 13.8 Å². The van der Waals surface area contributed by atoms with E-state index in [0.717, 1.165) is 17.0 Å². The van der Waals surface area contributed by atoms with E-state index in [4.69, 9.17) is 0 Å². The summed E-state index contributed by atoms with van der Waals surface area (Å²) in [4.78, 5) is 11.1. The van der Waals surface area contributed by atoms with Crippen LogP contribution in [0.3, 0.4) is 0 Å². The second kappa shape index (κ2) is 6.18. The van der Waals surface area contributed by atoms with Crippen molar-refractivity contribution in [3.05, 3.63) is 17.0 Å². The van der Waals surface area contributed by atoms with Crippen molar-refractivity contribution in [3.63, 3.8) is 0 Å². The van der Waals surface area contributed by atoms with Gasteiger partial charge in [-0.05, 0) is 25.8 Å². The molecule has 0 aliphatic heterocycles. The van der Waals surface area contributed by atoms with Crippen molar-refractivity contribution >= 4 is 15.8 Å². The third-order valence-corrected chi connectivity index (χ3v) is 3.94. The summed E-state index contributed by atoms with van der Waals surface area (Å²) in [5.74, 6) is -0.200. The Labute approximate surface area is 113 Å². The van der Waals surface area contributed by atoms with E-state index in [9.17, 15) is 13.2 Å². The molecule has 0 aliphatic rings. The molecule has 7 heteroatoms. The van der Waals surface area contributed by atoms with Crippen molar-refractivity contribution in [1.82, 2.24) is 9.78 Å². The molecule has 0 bridgehead atoms. The lowest BCUT2D eigenvalue weighted by Gasteiger charge is -2.04. The first-order chi connectivity index (χ1) is 8.74. The number of aromatic nitrogens is 2. The summed E-state index contributed by atoms with van der Waals surface area (Å²) in [6, 6.07) is 0. The number of esters is 1. The molecule has 1 heterocycles. The number of nitrogens with zero attached hydrogens (tertiary/aromatic N) is 2. The lowest BCUT2D eigenvalue weighted by atomic mass is 10.1. The van der Waals surface area contributed by atoms with E-state index < -0.39 is 9.84 Å². The van der Waals surface area contributed by atoms with Crippen LogP contribution in [0.15, 0.2) is 0 Å². The molecule has 0 aliphatic carbocycles. The molecule has 0 aromatic carbocycles. The fourth-order valence-electron chi connectivity index (χ4n) is 1.89. The van der Waals surface area contributed by atoms with Gasteiger partial charge in [-0.3, -0.25) is 9.48 Å². The molecule has 0 atom stereocenters. The monoisotopic (exact) mass is 288 g/mol. The molecule has 1 aromatic rings. The van der Waals surface area contributed by atoms with E-state index in [2.05, 4.69) is 9.84 Å². The van der Waals surface area contributed by atoms with Gasteiger partial charge in [0.1, 0.15) is 9.84 Å². The zero-order valence-corrected chi connectivity index (χ0v) is 12.6. The third-order valence-electron chi connectivity index (χ3n) is 3.01. The van der Waals surface area contributed by atoms with Crippen molar-refractivity contribution in [1.29, 1.82) is 0 Å². The molecule has 0 fully saturated rings. The van der Waals surface area contributed by atoms with Gasteiger partial charge in [0.25, 0.3) is 0 Å². The first kappa shape index (κ1) is 15.7. The highest BCUT2D eigenvalue weighted by atomic mass is 32.2. The van der Waals surface area contributed by atoms with Crippen LogP contribution in [0.2, 0.25) is 0 Å². The molecule has 1 aromatic heterocycles. The predicted octanol–water partition coefficient (Wildman–Crippen LogP) is 0.650. The fourth-order valence-corrected chi connectivity index (χ4v) is 2.40. The number of hydrogen-bond acceptors (Lipinski definition) is 5. The Kier molecular flexibility index (Phi) is 5.11. The first-order valence-corrected chi connectivity index (χ1v) is 8.08. The minimum absolute atomic E-state index is 0.0609. The molecular formula is C12H20N2O4S. The molecule has 0 spiro atoms. The third kappa shape index (κ3) is 4.66. The van der Waals surface area contributed by atoms with Crippen molar-refractivity contribution in [2.75, 3.05) is 19.1 Å². The second-order valence-corrected chi connectivity index (χ2v) is 6.84. The summed E-state index contributed by atoms with van der Waals surface area (Å²) in [6.45, 7) is 4.08. The number of carbonyl (C=O) groups is 1. The van der Waals surface area contributed by atoms with E-state index in [-0.39, 0.29) is 11.7 Å². The molecule has 19 heavy (non-hydrogen) atoms. The van der Waals surface area contributed by atoms with Crippen molar-refractivity contribution < 1.29 is 17.9 Å². The number of sulfone groups is 1. The van der Waals surface area contributed by atoms with Crippen molar-refractivity contribution in [2.45, 2.75) is 33.2 Å². The van der Waals surface area contributed by atoms with E-state index in [1.165, 1.54) is 13.4 Å². The summed E-state index contributed by atoms with van der Waals surface area (Å²) >= 11 is 0. The average Bonchev–Trinajstić information content (AvgIpc) is 2.58. The lowest BCUT2D eigenvalue weighted by Crippen LogP contribution is -2.13. The molecule has 0 unspecified atom stereocenters. The number of aryl methyl sites for hydroxylation is 2. The van der Waals surface area contributed by atoms with Gasteiger partial charge in [0.15, 0.2) is 0 Å². The Hall–Kier alpha value is -1.37. The second-order valence-electron chi connectivity index (χ2n) is 4.58. The van der Waals surface area contributed by atoms with E-state index in [0.29, 0.717) is 19.4 Å². The Bertz CT molecular complexity index is 561. The summed E-state index contributed by atoms with van der Waals surface area (Å²) < 4.78 is 28.6. The maximum absolute atomic E-state index is 11.2. The number of rotatable bonds is 6. The quantitative estimate of drug-likeness (QED) is 0.718. The highest BCUT2D eigenvalue weighted by molar-refractivity contribution is 7.90. The van der Waals surface area contributed by atoms with E-state index in [1.54, 1.807) is 4.68 Å². The van der Waals surface area contributed by atoms with Gasteiger partial charge in [0.05, 0.1) is 25.1 Å². The van der Waals surface area contributed by atoms with Crippen LogP contribution in [0.4, 0.5) is 0 Å². The fraction of sp³-hybridized carbons (Fsp3) is 0.667. The number of ether oxygens (including phenoxy) is 1. The molecule has 0 radical (unpaired) electrons. The molecule has 1 rings (SSSR count). The van der Waals surface area contributed by atoms with Gasteiger partial charge in [0, 0.05) is 18.4 Å². The highest BCUT2D eigenvalue weighted by Crippen LogP contribution is 2.15. The maximum atomic E-state index is 11.2. The Morgan fingerprint density at radius 3 is 2.53 bits per heavy atom. The van der Waals surface area contributed by atoms with Crippen LogP contribution >= 0.6 is 0 Å². The minimum atomic E-state index is -3.01. The van der Waals surface area contributed by atoms with Crippen LogP contribution in [0.5, 0.6) is 0 Å². The zero-order chi connectivity index (χ0) is 14.6. The SMILES string of the molecule is COC(=O)CCc1c(C)nn(CCS(C)(=O)=O)c1C. The smallest absolute Gasteiger partial charge is 0.305 e. The van der Waals surface area contributed by atoms with Gasteiger partial charge >= 0.3 is 5.97 Å². The Morgan fingerprint density at radius 1 is 1.37 bits per heavy atom. The molecule has 108 valence electrons. The Morgan fingerprint density at radius 2 is 2.00 bits per heavy atom. The summed E-state index contributed by atoms with van der Waals surface area (Å²) in [6.07, 6.45) is 2.07. The Balaban J connectivity index is 2.79. The molecule has 0 amide bonds. The van der Waals surface area contributed by atoms with Crippen molar-refractivity contribution in [2.24, 2.45) is 0 Å². The normalized spacial score (nSPS) is 11.6. The van der Waals surface area contributed by atoms with Gasteiger partial charge in [0.2, 0.25) is 0 Å². The van der Waals surface area contributed by atoms with E-state index >= 15 is 0 Å². The van der Waals surface area contributed by atoms with Crippen molar-refractivity contribution in [3.8, 4) is 0 Å². The lowest BCUT2D eigenvalue weighted by molar-refractivity contribution is -0.140. The van der Waals surface area contributed by atoms with Gasteiger partial charge in [-0.2, -0.15) is 5.10 Å². The average molecular weight is 288 g/mol. The number of hydrogen-bond donors (Lipinski definition) is 0. The largest absolute Gasteiger partial charge is 0.469 e. The van der Waals surface area contributed by atoms with Crippen LogP contribution in [0.25, 0.3) is 0 Å². The van der Waals surface area contributed by atoms with Gasteiger partial charge in [-0.1, -0.05) is 0 Å². The van der Waals surface area contributed by atoms with Crippen LogP contribution < -0.4 is 0 Å². The van der Waals surface area contributed by atoms with Crippen LogP contribution in [0.1, 0.15) is 23.4 Å². The summed E-state index contributed by atoms with van der Waals surface area (Å²) in [7, 11) is -1.65. The number of methoxy groups -OCH3 is 1. The molecule has 0 saturated heterocycles. The molecule has 0 saturated carbocycles. The molecule has 6 nitrogen and oxygen atoms in total. The maximum Gasteiger partial charge on any atom is 0.305 e. The number of carbonyl (C=O) groups excluding carboxylic acids is 1. The highest BCUT2D eigenvalue weighted by Gasteiger charge is 2.14. The minimum Gasteiger partial charge on any atom is -0.469 e. The summed E-state index contributed by atoms with van der Waals surface area (Å²) in [5.41, 5.74) is 2.72.